The van der Waals surface area contributed by atoms with E-state index in [1.54, 1.807) is 23.1 Å². The van der Waals surface area contributed by atoms with E-state index in [9.17, 15) is 9.59 Å². The van der Waals surface area contributed by atoms with Gasteiger partial charge < -0.3 is 15.4 Å². The number of hydrogen-bond acceptors (Lipinski definition) is 3. The predicted octanol–water partition coefficient (Wildman–Crippen LogP) is 2.91. The topological polar surface area (TPSA) is 72.6 Å². The molecule has 0 aliphatic carbocycles. The van der Waals surface area contributed by atoms with Crippen LogP contribution in [0.25, 0.3) is 0 Å². The average Bonchev–Trinajstić information content (AvgIpc) is 2.53. The average molecular weight is 326 g/mol. The number of rotatable bonds is 6. The molecule has 0 heterocycles. The van der Waals surface area contributed by atoms with Crippen molar-refractivity contribution < 1.29 is 14.3 Å². The summed E-state index contributed by atoms with van der Waals surface area (Å²) in [6.07, 6.45) is 0. The summed E-state index contributed by atoms with van der Waals surface area (Å²) in [5, 5.41) is 0. The van der Waals surface area contributed by atoms with E-state index in [1.807, 2.05) is 51.1 Å². The second kappa shape index (κ2) is 7.64. The van der Waals surface area contributed by atoms with Crippen molar-refractivity contribution in [1.82, 2.24) is 0 Å². The quantitative estimate of drug-likeness (QED) is 0.887. The highest BCUT2D eigenvalue weighted by molar-refractivity contribution is 5.97. The lowest BCUT2D eigenvalue weighted by Crippen LogP contribution is -2.40. The second-order valence-corrected chi connectivity index (χ2v) is 5.85. The molecule has 2 rings (SSSR count). The van der Waals surface area contributed by atoms with Crippen molar-refractivity contribution in [1.29, 1.82) is 0 Å². The Balaban J connectivity index is 2.17. The highest BCUT2D eigenvalue weighted by Gasteiger charge is 2.20. The molecule has 5 nitrogen and oxygen atoms in total. The van der Waals surface area contributed by atoms with Gasteiger partial charge in [0.2, 0.25) is 0 Å². The molecule has 0 aromatic heterocycles. The minimum Gasteiger partial charge on any atom is -0.483 e. The molecule has 126 valence electrons. The number of para-hydroxylation sites is 1. The molecule has 5 heteroatoms. The number of primary amides is 1. The summed E-state index contributed by atoms with van der Waals surface area (Å²) < 4.78 is 5.60. The van der Waals surface area contributed by atoms with Crippen LogP contribution >= 0.6 is 0 Å². The Bertz CT molecular complexity index is 727. The molecule has 0 fully saturated rings. The Morgan fingerprint density at radius 2 is 1.79 bits per heavy atom. The minimum absolute atomic E-state index is 0.0170. The summed E-state index contributed by atoms with van der Waals surface area (Å²) in [5.41, 5.74) is 7.35. The van der Waals surface area contributed by atoms with Gasteiger partial charge in [-0.15, -0.1) is 0 Å². The molecule has 0 aliphatic heterocycles. The maximum absolute atomic E-state index is 12.6. The van der Waals surface area contributed by atoms with Gasteiger partial charge in [-0.3, -0.25) is 9.59 Å². The van der Waals surface area contributed by atoms with Crippen molar-refractivity contribution in [2.45, 2.75) is 26.8 Å². The molecule has 0 aliphatic rings. The van der Waals surface area contributed by atoms with E-state index in [-0.39, 0.29) is 24.1 Å². The Hall–Kier alpha value is -2.82. The van der Waals surface area contributed by atoms with Crippen molar-refractivity contribution >= 4 is 17.5 Å². The summed E-state index contributed by atoms with van der Waals surface area (Å²) >= 11 is 0. The van der Waals surface area contributed by atoms with Crippen molar-refractivity contribution in [2.75, 3.05) is 11.5 Å². The molecule has 2 amide bonds. The van der Waals surface area contributed by atoms with Gasteiger partial charge in [0.15, 0.2) is 6.61 Å². The number of hydrogen-bond donors (Lipinski definition) is 1. The van der Waals surface area contributed by atoms with Crippen LogP contribution in [-0.4, -0.2) is 24.5 Å². The van der Waals surface area contributed by atoms with Gasteiger partial charge >= 0.3 is 0 Å². The molecular formula is C19H22N2O3. The van der Waals surface area contributed by atoms with Crippen LogP contribution in [0.5, 0.6) is 5.75 Å². The lowest BCUT2D eigenvalue weighted by atomic mass is 10.1. The molecule has 24 heavy (non-hydrogen) atoms. The van der Waals surface area contributed by atoms with Crippen LogP contribution in [0.4, 0.5) is 5.69 Å². The standard InChI is InChI=1S/C19H22N2O3/c1-13(2)21(15-7-5-4-6-8-15)18(22)12-24-17-11-14(3)9-10-16(17)19(20)23/h4-11,13H,12H2,1-3H3,(H2,20,23). The maximum atomic E-state index is 12.6. The van der Waals surface area contributed by atoms with E-state index in [2.05, 4.69) is 0 Å². The highest BCUT2D eigenvalue weighted by atomic mass is 16.5. The van der Waals surface area contributed by atoms with Crippen LogP contribution in [0.2, 0.25) is 0 Å². The lowest BCUT2D eigenvalue weighted by Gasteiger charge is -2.27. The van der Waals surface area contributed by atoms with Gasteiger partial charge in [0, 0.05) is 11.7 Å². The van der Waals surface area contributed by atoms with E-state index in [1.165, 1.54) is 0 Å². The smallest absolute Gasteiger partial charge is 0.265 e. The van der Waals surface area contributed by atoms with Crippen molar-refractivity contribution in [3.8, 4) is 5.75 Å². The number of nitrogens with two attached hydrogens (primary N) is 1. The van der Waals surface area contributed by atoms with Gasteiger partial charge in [0.1, 0.15) is 5.75 Å². The van der Waals surface area contributed by atoms with Crippen LogP contribution in [0.1, 0.15) is 29.8 Å². The molecule has 2 aromatic carbocycles. The first kappa shape index (κ1) is 17.5. The van der Waals surface area contributed by atoms with E-state index < -0.39 is 5.91 Å². The second-order valence-electron chi connectivity index (χ2n) is 5.85. The van der Waals surface area contributed by atoms with E-state index >= 15 is 0 Å². The van der Waals surface area contributed by atoms with Crippen LogP contribution in [-0.2, 0) is 4.79 Å². The van der Waals surface area contributed by atoms with Gasteiger partial charge in [-0.1, -0.05) is 24.3 Å². The molecule has 2 aromatic rings. The summed E-state index contributed by atoms with van der Waals surface area (Å²) in [7, 11) is 0. The van der Waals surface area contributed by atoms with Crippen molar-refractivity contribution in [2.24, 2.45) is 5.73 Å². The third-order valence-corrected chi connectivity index (χ3v) is 3.57. The predicted molar refractivity (Wildman–Crippen MR) is 94.3 cm³/mol. The third kappa shape index (κ3) is 4.13. The summed E-state index contributed by atoms with van der Waals surface area (Å²) in [4.78, 5) is 25.8. The number of nitrogens with zero attached hydrogens (tertiary/aromatic N) is 1. The Morgan fingerprint density at radius 3 is 2.38 bits per heavy atom. The molecule has 0 saturated carbocycles. The van der Waals surface area contributed by atoms with Crippen molar-refractivity contribution in [3.63, 3.8) is 0 Å². The number of amides is 2. The zero-order valence-electron chi connectivity index (χ0n) is 14.2. The first-order chi connectivity index (χ1) is 11.4. The van der Waals surface area contributed by atoms with Gasteiger partial charge in [0.05, 0.1) is 5.56 Å². The van der Waals surface area contributed by atoms with E-state index in [0.29, 0.717) is 5.75 Å². The minimum atomic E-state index is -0.582. The Labute approximate surface area is 142 Å². The number of benzene rings is 2. The number of anilines is 1. The fourth-order valence-corrected chi connectivity index (χ4v) is 2.48. The molecule has 2 N–H and O–H groups in total. The van der Waals surface area contributed by atoms with Crippen LogP contribution < -0.4 is 15.4 Å². The normalized spacial score (nSPS) is 10.5. The number of aryl methyl sites for hydroxylation is 1. The molecule has 0 atom stereocenters. The maximum Gasteiger partial charge on any atom is 0.265 e. The molecule has 0 radical (unpaired) electrons. The van der Waals surface area contributed by atoms with Crippen LogP contribution in [0.3, 0.4) is 0 Å². The first-order valence-electron chi connectivity index (χ1n) is 7.80. The monoisotopic (exact) mass is 326 g/mol. The highest BCUT2D eigenvalue weighted by Crippen LogP contribution is 2.21. The number of carbonyl (C=O) groups is 2. The number of carbonyl (C=O) groups excluding carboxylic acids is 2. The van der Waals surface area contributed by atoms with Gasteiger partial charge in [-0.25, -0.2) is 0 Å². The first-order valence-corrected chi connectivity index (χ1v) is 7.80. The largest absolute Gasteiger partial charge is 0.483 e. The molecule has 0 bridgehead atoms. The zero-order valence-corrected chi connectivity index (χ0v) is 14.2. The van der Waals surface area contributed by atoms with Crippen LogP contribution in [0.15, 0.2) is 48.5 Å². The van der Waals surface area contributed by atoms with Crippen LogP contribution in [0, 0.1) is 6.92 Å². The van der Waals surface area contributed by atoms with Gasteiger partial charge in [-0.2, -0.15) is 0 Å². The lowest BCUT2D eigenvalue weighted by molar-refractivity contribution is -0.120. The Morgan fingerprint density at radius 1 is 1.12 bits per heavy atom. The van der Waals surface area contributed by atoms with Crippen molar-refractivity contribution in [3.05, 3.63) is 59.7 Å². The number of ether oxygens (including phenoxy) is 1. The zero-order chi connectivity index (χ0) is 17.7. The fraction of sp³-hybridized carbons (Fsp3) is 0.263. The van der Waals surface area contributed by atoms with Gasteiger partial charge in [-0.05, 0) is 50.6 Å². The SMILES string of the molecule is Cc1ccc(C(N)=O)c(OCC(=O)N(c2ccccc2)C(C)C)c1. The fourth-order valence-electron chi connectivity index (χ4n) is 2.48. The summed E-state index contributed by atoms with van der Waals surface area (Å²) in [5.74, 6) is -0.443. The summed E-state index contributed by atoms with van der Waals surface area (Å²) in [6, 6.07) is 14.5. The van der Waals surface area contributed by atoms with E-state index in [0.717, 1.165) is 11.3 Å². The molecule has 0 saturated heterocycles. The summed E-state index contributed by atoms with van der Waals surface area (Å²) in [6.45, 7) is 5.58. The van der Waals surface area contributed by atoms with Gasteiger partial charge in [0.25, 0.3) is 11.8 Å². The third-order valence-electron chi connectivity index (χ3n) is 3.57. The Kier molecular flexibility index (Phi) is 5.58. The molecule has 0 spiro atoms. The van der Waals surface area contributed by atoms with E-state index in [4.69, 9.17) is 10.5 Å². The molecular weight excluding hydrogens is 304 g/mol. The molecule has 0 unspecified atom stereocenters.